The van der Waals surface area contributed by atoms with Gasteiger partial charge in [-0.25, -0.2) is 15.0 Å². The van der Waals surface area contributed by atoms with Crippen molar-refractivity contribution in [3.8, 4) is 0 Å². The third-order valence-corrected chi connectivity index (χ3v) is 7.47. The lowest BCUT2D eigenvalue weighted by atomic mass is 10.2. The minimum absolute atomic E-state index is 0. The van der Waals surface area contributed by atoms with Gasteiger partial charge in [0.1, 0.15) is 22.0 Å². The van der Waals surface area contributed by atoms with Crippen molar-refractivity contribution in [2.75, 3.05) is 56.6 Å². The maximum Gasteiger partial charge on any atom is 0.320 e. The summed E-state index contributed by atoms with van der Waals surface area (Å²) in [6.45, 7) is 9.08. The van der Waals surface area contributed by atoms with Gasteiger partial charge >= 0.3 is 5.97 Å². The number of ether oxygens (including phenoxy) is 1. The third-order valence-electron chi connectivity index (χ3n) is 6.59. The molecule has 4 aromatic rings. The van der Waals surface area contributed by atoms with Gasteiger partial charge in [-0.05, 0) is 55.8 Å². The largest absolute Gasteiger partial charge is 0.465 e. The number of nitrogens with one attached hydrogen (secondary N) is 1. The molecule has 1 N–H and O–H groups in total. The molecule has 38 heavy (non-hydrogen) atoms. The number of hydrogen-bond acceptors (Lipinski definition) is 10. The zero-order valence-electron chi connectivity index (χ0n) is 22.1. The van der Waals surface area contributed by atoms with Gasteiger partial charge in [-0.2, -0.15) is 0 Å². The standard InChI is InChI=1S/C28H33N7O2S.H2/c1-4-37-26(36)19-35-15-13-34(14-16-35)18-21-11-12-29-24(17-21)31-28-30-23-9-10-25(32-27(23)38-28)33(3)22-7-5-20(2)6-8-22;/h5-12,17H,4,13-16,18-19H2,1-3H3,(H,29,30,31);1H. The molecular formula is C28H35N7O2S. The van der Waals surface area contributed by atoms with Crippen LogP contribution < -0.4 is 10.2 Å². The highest BCUT2D eigenvalue weighted by Gasteiger charge is 2.19. The van der Waals surface area contributed by atoms with Crippen LogP contribution in [0.15, 0.2) is 54.7 Å². The molecule has 4 heterocycles. The van der Waals surface area contributed by atoms with Crippen LogP contribution >= 0.6 is 11.3 Å². The predicted molar refractivity (Wildman–Crippen MR) is 155 cm³/mol. The molecule has 0 bridgehead atoms. The lowest BCUT2D eigenvalue weighted by Gasteiger charge is -2.34. The summed E-state index contributed by atoms with van der Waals surface area (Å²) in [6, 6.07) is 16.5. The van der Waals surface area contributed by atoms with Gasteiger partial charge in [0.2, 0.25) is 0 Å². The van der Waals surface area contributed by atoms with Crippen molar-refractivity contribution in [3.63, 3.8) is 0 Å². The number of anilines is 4. The van der Waals surface area contributed by atoms with Crippen molar-refractivity contribution in [2.45, 2.75) is 20.4 Å². The van der Waals surface area contributed by atoms with Crippen LogP contribution in [0.5, 0.6) is 0 Å². The molecule has 1 aromatic carbocycles. The highest BCUT2D eigenvalue weighted by atomic mass is 32.1. The number of fused-ring (bicyclic) bond motifs is 1. The molecule has 9 nitrogen and oxygen atoms in total. The van der Waals surface area contributed by atoms with E-state index in [0.717, 1.165) is 65.5 Å². The average Bonchev–Trinajstić information content (AvgIpc) is 3.31. The van der Waals surface area contributed by atoms with E-state index in [4.69, 9.17) is 14.7 Å². The normalized spacial score (nSPS) is 14.5. The number of piperazine rings is 1. The summed E-state index contributed by atoms with van der Waals surface area (Å²) in [6.07, 6.45) is 1.83. The molecule has 0 atom stereocenters. The van der Waals surface area contributed by atoms with Crippen LogP contribution in [0.4, 0.5) is 22.5 Å². The number of aryl methyl sites for hydroxylation is 1. The maximum absolute atomic E-state index is 11.7. The fraction of sp³-hybridized carbons (Fsp3) is 0.357. The van der Waals surface area contributed by atoms with E-state index in [1.165, 1.54) is 22.5 Å². The summed E-state index contributed by atoms with van der Waals surface area (Å²) in [5, 5.41) is 4.13. The first-order valence-electron chi connectivity index (χ1n) is 12.9. The van der Waals surface area contributed by atoms with E-state index in [0.29, 0.717) is 13.2 Å². The zero-order valence-corrected chi connectivity index (χ0v) is 22.9. The Morgan fingerprint density at radius 3 is 2.61 bits per heavy atom. The molecule has 1 fully saturated rings. The Bertz CT molecular complexity index is 1390. The number of hydrogen-bond donors (Lipinski definition) is 1. The molecule has 1 aliphatic rings. The topological polar surface area (TPSA) is 86.7 Å². The van der Waals surface area contributed by atoms with E-state index in [1.807, 2.05) is 38.4 Å². The molecule has 0 spiro atoms. The van der Waals surface area contributed by atoms with Crippen LogP contribution in [0.1, 0.15) is 19.5 Å². The Morgan fingerprint density at radius 2 is 1.84 bits per heavy atom. The summed E-state index contributed by atoms with van der Waals surface area (Å²) < 4.78 is 5.07. The van der Waals surface area contributed by atoms with Crippen LogP contribution in [0.25, 0.3) is 10.3 Å². The van der Waals surface area contributed by atoms with Gasteiger partial charge in [0, 0.05) is 53.1 Å². The highest BCUT2D eigenvalue weighted by Crippen LogP contribution is 2.30. The molecule has 200 valence electrons. The van der Waals surface area contributed by atoms with E-state index < -0.39 is 0 Å². The zero-order chi connectivity index (χ0) is 26.5. The first-order valence-corrected chi connectivity index (χ1v) is 13.7. The molecule has 0 aliphatic carbocycles. The van der Waals surface area contributed by atoms with Crippen molar-refractivity contribution in [1.29, 1.82) is 0 Å². The van der Waals surface area contributed by atoms with Crippen molar-refractivity contribution < 1.29 is 11.0 Å². The smallest absolute Gasteiger partial charge is 0.320 e. The number of thiazole rings is 1. The molecular weight excluding hydrogens is 498 g/mol. The summed E-state index contributed by atoms with van der Waals surface area (Å²) >= 11 is 1.52. The Labute approximate surface area is 228 Å². The van der Waals surface area contributed by atoms with Gasteiger partial charge in [0.25, 0.3) is 0 Å². The van der Waals surface area contributed by atoms with Crippen LogP contribution in [0, 0.1) is 6.92 Å². The van der Waals surface area contributed by atoms with Gasteiger partial charge in [-0.3, -0.25) is 14.6 Å². The van der Waals surface area contributed by atoms with E-state index in [1.54, 1.807) is 0 Å². The van der Waals surface area contributed by atoms with Crippen molar-refractivity contribution >= 4 is 50.1 Å². The van der Waals surface area contributed by atoms with Gasteiger partial charge in [-0.1, -0.05) is 29.0 Å². The number of rotatable bonds is 9. The van der Waals surface area contributed by atoms with E-state index in [-0.39, 0.29) is 7.40 Å². The molecule has 1 aliphatic heterocycles. The SMILES string of the molecule is CCOC(=O)CN1CCN(Cc2ccnc(Nc3nc4ccc(N(C)c5ccc(C)cc5)nc4s3)c2)CC1.[HH]. The molecule has 0 saturated carbocycles. The van der Waals surface area contributed by atoms with E-state index in [2.05, 4.69) is 62.3 Å². The first kappa shape index (κ1) is 26.0. The quantitative estimate of drug-likeness (QED) is 0.304. The molecule has 1 saturated heterocycles. The predicted octanol–water partition coefficient (Wildman–Crippen LogP) is 4.83. The maximum atomic E-state index is 11.7. The van der Waals surface area contributed by atoms with Gasteiger partial charge in [0.15, 0.2) is 5.13 Å². The van der Waals surface area contributed by atoms with E-state index in [9.17, 15) is 4.79 Å². The van der Waals surface area contributed by atoms with Gasteiger partial charge < -0.3 is 15.0 Å². The molecule has 5 rings (SSSR count). The summed E-state index contributed by atoms with van der Waals surface area (Å²) in [5.74, 6) is 1.49. The van der Waals surface area contributed by atoms with Gasteiger partial charge in [-0.15, -0.1) is 0 Å². The number of carbonyl (C=O) groups excluding carboxylic acids is 1. The van der Waals surface area contributed by atoms with Crippen molar-refractivity contribution in [2.24, 2.45) is 0 Å². The number of carbonyl (C=O) groups is 1. The highest BCUT2D eigenvalue weighted by molar-refractivity contribution is 7.21. The van der Waals surface area contributed by atoms with Crippen molar-refractivity contribution in [3.05, 3.63) is 65.9 Å². The minimum atomic E-state index is -0.148. The molecule has 0 unspecified atom stereocenters. The lowest BCUT2D eigenvalue weighted by Crippen LogP contribution is -2.47. The lowest BCUT2D eigenvalue weighted by molar-refractivity contribution is -0.144. The minimum Gasteiger partial charge on any atom is -0.465 e. The Balaban J connectivity index is 0.00000353. The molecule has 0 radical (unpaired) electrons. The number of esters is 1. The monoisotopic (exact) mass is 533 g/mol. The fourth-order valence-electron chi connectivity index (χ4n) is 4.45. The Morgan fingerprint density at radius 1 is 1.08 bits per heavy atom. The Kier molecular flexibility index (Phi) is 8.11. The number of aromatic nitrogens is 3. The summed E-state index contributed by atoms with van der Waals surface area (Å²) in [7, 11) is 2.02. The van der Waals surface area contributed by atoms with E-state index >= 15 is 0 Å². The van der Waals surface area contributed by atoms with Crippen molar-refractivity contribution in [1.82, 2.24) is 24.8 Å². The number of pyridine rings is 2. The summed E-state index contributed by atoms with van der Waals surface area (Å²) in [5.41, 5.74) is 4.36. The second-order valence-corrected chi connectivity index (χ2v) is 10.4. The van der Waals surface area contributed by atoms with Gasteiger partial charge in [0.05, 0.1) is 13.2 Å². The second-order valence-electron chi connectivity index (χ2n) is 9.44. The number of nitrogens with zero attached hydrogens (tertiary/aromatic N) is 6. The summed E-state index contributed by atoms with van der Waals surface area (Å²) in [4.78, 5) is 33.3. The van der Waals surface area contributed by atoms with Crippen LogP contribution in [0.2, 0.25) is 0 Å². The Hall–Kier alpha value is -3.60. The molecule has 0 amide bonds. The van der Waals surface area contributed by atoms with Crippen LogP contribution in [0.3, 0.4) is 0 Å². The second kappa shape index (κ2) is 11.8. The molecule has 3 aromatic heterocycles. The number of benzene rings is 1. The van der Waals surface area contributed by atoms with Crippen LogP contribution in [-0.4, -0.2) is 77.1 Å². The molecule has 10 heteroatoms. The average molecular weight is 534 g/mol. The van der Waals surface area contributed by atoms with Crippen LogP contribution in [-0.2, 0) is 16.1 Å². The third kappa shape index (κ3) is 6.45. The fourth-order valence-corrected chi connectivity index (χ4v) is 5.29. The first-order chi connectivity index (χ1) is 18.5.